The Kier molecular flexibility index (Phi) is 2.83. The fourth-order valence-electron chi connectivity index (χ4n) is 3.28. The number of aromatic nitrogens is 1. The highest BCUT2D eigenvalue weighted by atomic mass is 16.5. The van der Waals surface area contributed by atoms with E-state index in [0.717, 1.165) is 18.5 Å². The van der Waals surface area contributed by atoms with Crippen LogP contribution in [0.15, 0.2) is 42.6 Å². The zero-order chi connectivity index (χ0) is 15.3. The Balaban J connectivity index is 1.99. The minimum absolute atomic E-state index is 0.214. The number of rotatable bonds is 1. The summed E-state index contributed by atoms with van der Waals surface area (Å²) < 4.78 is 7.56. The molecule has 0 radical (unpaired) electrons. The van der Waals surface area contributed by atoms with Gasteiger partial charge < -0.3 is 9.84 Å². The standard InChI is InChI=1S/C19H17NO2/c1-12-3-4-13-8-17-16-10-19(22-2)18(21)9-14(16)5-6-20(17)11-15(13)7-12/h3-4,7-11H,5-6H2,1-2H3/p+1. The average Bonchev–Trinajstić information content (AvgIpc) is 2.52. The van der Waals surface area contributed by atoms with Gasteiger partial charge in [0.25, 0.3) is 0 Å². The summed E-state index contributed by atoms with van der Waals surface area (Å²) in [5.74, 6) is 0.738. The quantitative estimate of drug-likeness (QED) is 0.698. The number of phenolic OH excluding ortho intramolecular Hbond substituents is 1. The van der Waals surface area contributed by atoms with E-state index in [4.69, 9.17) is 4.74 Å². The molecule has 22 heavy (non-hydrogen) atoms. The minimum atomic E-state index is 0.214. The first-order valence-electron chi connectivity index (χ1n) is 7.50. The average molecular weight is 292 g/mol. The molecule has 1 aliphatic heterocycles. The third-order valence-electron chi connectivity index (χ3n) is 4.44. The van der Waals surface area contributed by atoms with Crippen LogP contribution in [0.4, 0.5) is 0 Å². The third-order valence-corrected chi connectivity index (χ3v) is 4.44. The van der Waals surface area contributed by atoms with Gasteiger partial charge in [0.1, 0.15) is 0 Å². The number of hydrogen-bond acceptors (Lipinski definition) is 2. The second kappa shape index (κ2) is 4.73. The van der Waals surface area contributed by atoms with Crippen LogP contribution in [0.1, 0.15) is 11.1 Å². The van der Waals surface area contributed by atoms with Gasteiger partial charge in [-0.15, -0.1) is 0 Å². The van der Waals surface area contributed by atoms with Crippen LogP contribution in [0.2, 0.25) is 0 Å². The maximum absolute atomic E-state index is 9.98. The molecule has 1 aromatic heterocycles. The van der Waals surface area contributed by atoms with Crippen LogP contribution in [0, 0.1) is 6.92 Å². The molecule has 110 valence electrons. The number of phenols is 1. The van der Waals surface area contributed by atoms with Crippen molar-refractivity contribution in [2.45, 2.75) is 19.9 Å². The SMILES string of the molecule is COc1cc2c(cc1O)CC[n+]1cc3cc(C)ccc3cc1-2. The number of methoxy groups -OCH3 is 1. The van der Waals surface area contributed by atoms with Crippen molar-refractivity contribution >= 4 is 10.8 Å². The van der Waals surface area contributed by atoms with Crippen molar-refractivity contribution in [1.82, 2.24) is 0 Å². The Morgan fingerprint density at radius 1 is 1.09 bits per heavy atom. The van der Waals surface area contributed by atoms with E-state index in [-0.39, 0.29) is 5.75 Å². The smallest absolute Gasteiger partial charge is 0.213 e. The zero-order valence-electron chi connectivity index (χ0n) is 12.8. The monoisotopic (exact) mass is 292 g/mol. The molecule has 0 spiro atoms. The van der Waals surface area contributed by atoms with Crippen molar-refractivity contribution < 1.29 is 14.4 Å². The first-order valence-corrected chi connectivity index (χ1v) is 7.50. The summed E-state index contributed by atoms with van der Waals surface area (Å²) in [6.07, 6.45) is 3.14. The molecule has 4 rings (SSSR count). The number of benzene rings is 2. The lowest BCUT2D eigenvalue weighted by Gasteiger charge is -2.17. The number of fused-ring (bicyclic) bond motifs is 4. The lowest BCUT2D eigenvalue weighted by atomic mass is 9.95. The van der Waals surface area contributed by atoms with Crippen LogP contribution in [0.5, 0.6) is 11.5 Å². The van der Waals surface area contributed by atoms with Gasteiger partial charge in [-0.25, -0.2) is 0 Å². The fourth-order valence-corrected chi connectivity index (χ4v) is 3.28. The number of aryl methyl sites for hydroxylation is 3. The third kappa shape index (κ3) is 1.93. The molecule has 0 saturated heterocycles. The summed E-state index contributed by atoms with van der Waals surface area (Å²) in [7, 11) is 1.58. The Morgan fingerprint density at radius 3 is 2.77 bits per heavy atom. The summed E-state index contributed by atoms with van der Waals surface area (Å²) in [6.45, 7) is 3.05. The minimum Gasteiger partial charge on any atom is -0.504 e. The number of ether oxygens (including phenoxy) is 1. The van der Waals surface area contributed by atoms with E-state index in [1.807, 2.05) is 12.1 Å². The molecule has 2 heterocycles. The molecular formula is C19H18NO2+. The summed E-state index contributed by atoms with van der Waals surface area (Å²) in [5, 5.41) is 12.5. The molecule has 0 saturated carbocycles. The fraction of sp³-hybridized carbons (Fsp3) is 0.211. The Morgan fingerprint density at radius 2 is 1.95 bits per heavy atom. The molecule has 1 aliphatic rings. The highest BCUT2D eigenvalue weighted by Gasteiger charge is 2.25. The largest absolute Gasteiger partial charge is 0.504 e. The molecule has 0 amide bonds. The van der Waals surface area contributed by atoms with Gasteiger partial charge in [0.15, 0.2) is 24.2 Å². The molecule has 1 N–H and O–H groups in total. The Hall–Kier alpha value is -2.55. The summed E-state index contributed by atoms with van der Waals surface area (Å²) >= 11 is 0. The van der Waals surface area contributed by atoms with Crippen molar-refractivity contribution in [2.75, 3.05) is 7.11 Å². The molecule has 3 heteroatoms. The Labute approximate surface area is 129 Å². The van der Waals surface area contributed by atoms with Gasteiger partial charge in [0.05, 0.1) is 12.7 Å². The highest BCUT2D eigenvalue weighted by molar-refractivity contribution is 5.85. The second-order valence-corrected chi connectivity index (χ2v) is 5.92. The van der Waals surface area contributed by atoms with Gasteiger partial charge in [0, 0.05) is 17.9 Å². The molecule has 0 fully saturated rings. The zero-order valence-corrected chi connectivity index (χ0v) is 12.8. The van der Waals surface area contributed by atoms with E-state index >= 15 is 0 Å². The van der Waals surface area contributed by atoms with Gasteiger partial charge in [-0.1, -0.05) is 17.7 Å². The molecular weight excluding hydrogens is 274 g/mol. The van der Waals surface area contributed by atoms with E-state index in [1.165, 1.54) is 27.6 Å². The van der Waals surface area contributed by atoms with Crippen LogP contribution < -0.4 is 9.30 Å². The molecule has 3 nitrogen and oxygen atoms in total. The van der Waals surface area contributed by atoms with E-state index in [9.17, 15) is 5.11 Å². The molecule has 2 aromatic carbocycles. The van der Waals surface area contributed by atoms with Crippen molar-refractivity contribution in [3.05, 3.63) is 53.7 Å². The molecule has 0 atom stereocenters. The van der Waals surface area contributed by atoms with Crippen LogP contribution in [-0.2, 0) is 13.0 Å². The van der Waals surface area contributed by atoms with E-state index in [2.05, 4.69) is 42.0 Å². The van der Waals surface area contributed by atoms with E-state index in [0.29, 0.717) is 5.75 Å². The van der Waals surface area contributed by atoms with Gasteiger partial charge in [-0.2, -0.15) is 4.57 Å². The highest BCUT2D eigenvalue weighted by Crippen LogP contribution is 2.36. The van der Waals surface area contributed by atoms with E-state index in [1.54, 1.807) is 7.11 Å². The molecule has 0 unspecified atom stereocenters. The predicted molar refractivity (Wildman–Crippen MR) is 86.2 cm³/mol. The van der Waals surface area contributed by atoms with Crippen LogP contribution in [-0.4, -0.2) is 12.2 Å². The Bertz CT molecular complexity index is 900. The number of hydrogen-bond donors (Lipinski definition) is 1. The number of pyridine rings is 1. The summed E-state index contributed by atoms with van der Waals surface area (Å²) in [6, 6.07) is 12.5. The number of aromatic hydroxyl groups is 1. The lowest BCUT2D eigenvalue weighted by molar-refractivity contribution is -0.686. The lowest BCUT2D eigenvalue weighted by Crippen LogP contribution is -2.40. The maximum atomic E-state index is 9.98. The first-order chi connectivity index (χ1) is 10.7. The van der Waals surface area contributed by atoms with Crippen molar-refractivity contribution in [3.8, 4) is 22.8 Å². The van der Waals surface area contributed by atoms with Crippen molar-refractivity contribution in [2.24, 2.45) is 0 Å². The molecule has 0 bridgehead atoms. The van der Waals surface area contributed by atoms with Crippen molar-refractivity contribution in [1.29, 1.82) is 0 Å². The summed E-state index contributed by atoms with van der Waals surface area (Å²) in [5.41, 5.74) is 4.76. The van der Waals surface area contributed by atoms with E-state index < -0.39 is 0 Å². The van der Waals surface area contributed by atoms with Crippen LogP contribution >= 0.6 is 0 Å². The summed E-state index contributed by atoms with van der Waals surface area (Å²) in [4.78, 5) is 0. The van der Waals surface area contributed by atoms with Gasteiger partial charge >= 0.3 is 0 Å². The van der Waals surface area contributed by atoms with Crippen molar-refractivity contribution in [3.63, 3.8) is 0 Å². The predicted octanol–water partition coefficient (Wildman–Crippen LogP) is 3.37. The first kappa shape index (κ1) is 13.1. The maximum Gasteiger partial charge on any atom is 0.213 e. The molecule has 0 aliphatic carbocycles. The van der Waals surface area contributed by atoms with Crippen LogP contribution in [0.3, 0.4) is 0 Å². The van der Waals surface area contributed by atoms with Gasteiger partial charge in [-0.05, 0) is 36.1 Å². The number of nitrogens with zero attached hydrogens (tertiary/aromatic N) is 1. The van der Waals surface area contributed by atoms with Gasteiger partial charge in [-0.3, -0.25) is 0 Å². The van der Waals surface area contributed by atoms with Gasteiger partial charge in [0.2, 0.25) is 5.69 Å². The topological polar surface area (TPSA) is 33.3 Å². The second-order valence-electron chi connectivity index (χ2n) is 5.92. The van der Waals surface area contributed by atoms with Crippen LogP contribution in [0.25, 0.3) is 22.0 Å². The normalized spacial score (nSPS) is 12.8. The molecule has 3 aromatic rings.